The number of nitrogens with one attached hydrogen (secondary N) is 1. The Balaban J connectivity index is 1.41. The van der Waals surface area contributed by atoms with Crippen molar-refractivity contribution in [2.75, 3.05) is 36.5 Å². The number of hydrogen-bond acceptors (Lipinski definition) is 5. The molecule has 2 aliphatic rings. The summed E-state index contributed by atoms with van der Waals surface area (Å²) in [5, 5.41) is 7.89. The van der Waals surface area contributed by atoms with Crippen LogP contribution in [0.1, 0.15) is 19.3 Å². The molecule has 1 aromatic heterocycles. The normalized spacial score (nSPS) is 23.1. The number of aromatic nitrogens is 2. The van der Waals surface area contributed by atoms with Gasteiger partial charge in [-0.3, -0.25) is 9.48 Å². The molecule has 1 amide bonds. The Hall–Kier alpha value is -2.54. The minimum Gasteiger partial charge on any atom is -0.495 e. The van der Waals surface area contributed by atoms with Gasteiger partial charge in [0.05, 0.1) is 25.0 Å². The molecule has 1 aromatic carbocycles. The molecule has 2 aliphatic heterocycles. The van der Waals surface area contributed by atoms with E-state index in [1.165, 1.54) is 0 Å². The molecule has 0 aliphatic carbocycles. The maximum atomic E-state index is 13.0. The van der Waals surface area contributed by atoms with Gasteiger partial charge >= 0.3 is 0 Å². The van der Waals surface area contributed by atoms with Crippen molar-refractivity contribution in [3.05, 3.63) is 36.5 Å². The van der Waals surface area contributed by atoms with E-state index in [4.69, 9.17) is 4.74 Å². The van der Waals surface area contributed by atoms with Gasteiger partial charge in [0.2, 0.25) is 5.91 Å². The molecule has 27 heavy (non-hydrogen) atoms. The number of rotatable bonds is 5. The fraction of sp³-hybridized carbons (Fsp3) is 0.500. The molecule has 2 aromatic rings. The van der Waals surface area contributed by atoms with Crippen molar-refractivity contribution in [3.8, 4) is 5.75 Å². The molecule has 144 valence electrons. The summed E-state index contributed by atoms with van der Waals surface area (Å²) in [6.45, 7) is 2.65. The second kappa shape index (κ2) is 7.60. The summed E-state index contributed by atoms with van der Waals surface area (Å²) in [6, 6.07) is 9.94. The number of anilines is 2. The van der Waals surface area contributed by atoms with Gasteiger partial charge in [0.15, 0.2) is 0 Å². The van der Waals surface area contributed by atoms with Crippen molar-refractivity contribution >= 4 is 17.4 Å². The van der Waals surface area contributed by atoms with Crippen LogP contribution in [0.2, 0.25) is 0 Å². The van der Waals surface area contributed by atoms with Crippen LogP contribution in [0.3, 0.4) is 0 Å². The number of nitrogens with zero attached hydrogens (tertiary/aromatic N) is 4. The number of hydrogen-bond donors (Lipinski definition) is 1. The molecule has 4 rings (SSSR count). The SMILES string of the molecule is COc1ccccc1N1CCC(NC2CCCN(c3ccnn3C)C2)C1=O. The highest BCUT2D eigenvalue weighted by Crippen LogP contribution is 2.31. The van der Waals surface area contributed by atoms with E-state index in [1.54, 1.807) is 7.11 Å². The zero-order chi connectivity index (χ0) is 18.8. The van der Waals surface area contributed by atoms with Gasteiger partial charge in [-0.1, -0.05) is 12.1 Å². The molecule has 0 spiro atoms. The Kier molecular flexibility index (Phi) is 5.03. The van der Waals surface area contributed by atoms with E-state index in [0.717, 1.165) is 56.2 Å². The van der Waals surface area contributed by atoms with Crippen LogP contribution in [0.15, 0.2) is 36.5 Å². The van der Waals surface area contributed by atoms with Crippen LogP contribution in [0.4, 0.5) is 11.5 Å². The van der Waals surface area contributed by atoms with E-state index in [9.17, 15) is 4.79 Å². The number of para-hydroxylation sites is 2. The van der Waals surface area contributed by atoms with Crippen molar-refractivity contribution in [2.24, 2.45) is 7.05 Å². The monoisotopic (exact) mass is 369 g/mol. The van der Waals surface area contributed by atoms with E-state index < -0.39 is 0 Å². The first-order chi connectivity index (χ1) is 13.2. The summed E-state index contributed by atoms with van der Waals surface area (Å²) in [4.78, 5) is 17.2. The Morgan fingerprint density at radius 2 is 2.04 bits per heavy atom. The largest absolute Gasteiger partial charge is 0.495 e. The van der Waals surface area contributed by atoms with Crippen LogP contribution in [0.5, 0.6) is 5.75 Å². The van der Waals surface area contributed by atoms with Crippen molar-refractivity contribution in [3.63, 3.8) is 0 Å². The van der Waals surface area contributed by atoms with Crippen LogP contribution >= 0.6 is 0 Å². The Morgan fingerprint density at radius 1 is 1.19 bits per heavy atom. The van der Waals surface area contributed by atoms with E-state index >= 15 is 0 Å². The number of carbonyl (C=O) groups is 1. The number of amides is 1. The predicted molar refractivity (Wildman–Crippen MR) is 105 cm³/mol. The highest BCUT2D eigenvalue weighted by Gasteiger charge is 2.36. The average Bonchev–Trinajstić information content (AvgIpc) is 3.28. The van der Waals surface area contributed by atoms with Crippen LogP contribution in [-0.4, -0.2) is 54.5 Å². The molecule has 0 bridgehead atoms. The summed E-state index contributed by atoms with van der Waals surface area (Å²) in [7, 11) is 3.61. The summed E-state index contributed by atoms with van der Waals surface area (Å²) in [5.41, 5.74) is 0.856. The van der Waals surface area contributed by atoms with Gasteiger partial charge in [0.1, 0.15) is 11.6 Å². The second-order valence-electron chi connectivity index (χ2n) is 7.27. The quantitative estimate of drug-likeness (QED) is 0.871. The highest BCUT2D eigenvalue weighted by atomic mass is 16.5. The number of methoxy groups -OCH3 is 1. The molecule has 1 N–H and O–H groups in total. The highest BCUT2D eigenvalue weighted by molar-refractivity contribution is 6.00. The second-order valence-corrected chi connectivity index (χ2v) is 7.27. The predicted octanol–water partition coefficient (Wildman–Crippen LogP) is 1.79. The first kappa shape index (κ1) is 17.9. The van der Waals surface area contributed by atoms with Crippen LogP contribution in [-0.2, 0) is 11.8 Å². The topological polar surface area (TPSA) is 62.6 Å². The third kappa shape index (κ3) is 3.51. The molecule has 3 heterocycles. The van der Waals surface area contributed by atoms with Gasteiger partial charge in [-0.25, -0.2) is 0 Å². The van der Waals surface area contributed by atoms with E-state index in [0.29, 0.717) is 6.04 Å². The zero-order valence-corrected chi connectivity index (χ0v) is 16.0. The van der Waals surface area contributed by atoms with Gasteiger partial charge in [0.25, 0.3) is 0 Å². The van der Waals surface area contributed by atoms with Gasteiger partial charge in [-0.15, -0.1) is 0 Å². The molecule has 0 saturated carbocycles. The van der Waals surface area contributed by atoms with Crippen LogP contribution < -0.4 is 19.9 Å². The van der Waals surface area contributed by atoms with Gasteiger partial charge < -0.3 is 19.9 Å². The number of aryl methyl sites for hydroxylation is 1. The van der Waals surface area contributed by atoms with Crippen LogP contribution in [0.25, 0.3) is 0 Å². The zero-order valence-electron chi connectivity index (χ0n) is 16.0. The fourth-order valence-electron chi connectivity index (χ4n) is 4.21. The number of benzene rings is 1. The van der Waals surface area contributed by atoms with E-state index in [2.05, 4.69) is 15.3 Å². The number of carbonyl (C=O) groups excluding carboxylic acids is 1. The Bertz CT molecular complexity index is 805. The van der Waals surface area contributed by atoms with E-state index in [-0.39, 0.29) is 11.9 Å². The molecule has 2 atom stereocenters. The lowest BCUT2D eigenvalue weighted by Crippen LogP contribution is -2.51. The molecule has 0 radical (unpaired) electrons. The third-order valence-electron chi connectivity index (χ3n) is 5.56. The summed E-state index contributed by atoms with van der Waals surface area (Å²) in [6.07, 6.45) is 4.85. The Morgan fingerprint density at radius 3 is 2.81 bits per heavy atom. The maximum absolute atomic E-state index is 13.0. The minimum atomic E-state index is -0.133. The smallest absolute Gasteiger partial charge is 0.244 e. The first-order valence-electron chi connectivity index (χ1n) is 9.61. The standard InChI is InChI=1S/C20H27N5O2/c1-23-19(9-11-21-23)24-12-5-6-15(14-24)22-16-10-13-25(20(16)26)17-7-3-4-8-18(17)27-2/h3-4,7-9,11,15-16,22H,5-6,10,12-14H2,1-2H3. The Labute approximate surface area is 159 Å². The van der Waals surface area contributed by atoms with Crippen molar-refractivity contribution in [2.45, 2.75) is 31.3 Å². The molecule has 2 saturated heterocycles. The molecular weight excluding hydrogens is 342 g/mol. The number of piperidine rings is 1. The summed E-state index contributed by atoms with van der Waals surface area (Å²) >= 11 is 0. The lowest BCUT2D eigenvalue weighted by atomic mass is 10.0. The fourth-order valence-corrected chi connectivity index (χ4v) is 4.21. The van der Waals surface area contributed by atoms with Gasteiger partial charge in [0, 0.05) is 38.8 Å². The van der Waals surface area contributed by atoms with Crippen LogP contribution in [0, 0.1) is 0 Å². The molecule has 2 unspecified atom stereocenters. The molecule has 7 heteroatoms. The van der Waals surface area contributed by atoms with Crippen molar-refractivity contribution in [1.29, 1.82) is 0 Å². The minimum absolute atomic E-state index is 0.133. The lowest BCUT2D eigenvalue weighted by Gasteiger charge is -2.35. The average molecular weight is 369 g/mol. The van der Waals surface area contributed by atoms with Crippen molar-refractivity contribution < 1.29 is 9.53 Å². The summed E-state index contributed by atoms with van der Waals surface area (Å²) in [5.74, 6) is 2.01. The molecule has 7 nitrogen and oxygen atoms in total. The van der Waals surface area contributed by atoms with Crippen molar-refractivity contribution in [1.82, 2.24) is 15.1 Å². The molecular formula is C20H27N5O2. The summed E-state index contributed by atoms with van der Waals surface area (Å²) < 4.78 is 7.34. The first-order valence-corrected chi connectivity index (χ1v) is 9.61. The lowest BCUT2D eigenvalue weighted by molar-refractivity contribution is -0.119. The van der Waals surface area contributed by atoms with Gasteiger partial charge in [-0.2, -0.15) is 5.10 Å². The number of ether oxygens (including phenoxy) is 1. The van der Waals surface area contributed by atoms with E-state index in [1.807, 2.05) is 53.2 Å². The van der Waals surface area contributed by atoms with Gasteiger partial charge in [-0.05, 0) is 31.4 Å². The maximum Gasteiger partial charge on any atom is 0.244 e. The third-order valence-corrected chi connectivity index (χ3v) is 5.56. The molecule has 2 fully saturated rings.